The van der Waals surface area contributed by atoms with Crippen LogP contribution >= 0.6 is 0 Å². The summed E-state index contributed by atoms with van der Waals surface area (Å²) >= 11 is 0. The van der Waals surface area contributed by atoms with E-state index in [4.69, 9.17) is 5.14 Å². The number of hydrogen-bond donors (Lipinski definition) is 2. The van der Waals surface area contributed by atoms with Gasteiger partial charge >= 0.3 is 0 Å². The van der Waals surface area contributed by atoms with Gasteiger partial charge in [0.15, 0.2) is 0 Å². The van der Waals surface area contributed by atoms with Crippen molar-refractivity contribution in [3.05, 3.63) is 47.3 Å². The van der Waals surface area contributed by atoms with Gasteiger partial charge in [0.05, 0.1) is 10.6 Å². The van der Waals surface area contributed by atoms with Gasteiger partial charge in [-0.3, -0.25) is 9.89 Å². The largest absolute Gasteiger partial charge is 0.339 e. The van der Waals surface area contributed by atoms with Crippen LogP contribution in [-0.2, 0) is 10.0 Å². The predicted molar refractivity (Wildman–Crippen MR) is 98.4 cm³/mol. The van der Waals surface area contributed by atoms with E-state index in [2.05, 4.69) is 30.1 Å². The van der Waals surface area contributed by atoms with Crippen LogP contribution in [0.1, 0.15) is 60.3 Å². The van der Waals surface area contributed by atoms with Gasteiger partial charge in [-0.25, -0.2) is 13.6 Å². The molecule has 2 aromatic rings. The van der Waals surface area contributed by atoms with Crippen LogP contribution in [0.2, 0.25) is 0 Å². The number of sulfonamides is 1. The zero-order valence-corrected chi connectivity index (χ0v) is 15.8. The number of amides is 1. The zero-order chi connectivity index (χ0) is 18.9. The Morgan fingerprint density at radius 1 is 1.23 bits per heavy atom. The monoisotopic (exact) mass is 376 g/mol. The fourth-order valence-corrected chi connectivity index (χ4v) is 3.74. The molecule has 0 bridgehead atoms. The second kappa shape index (κ2) is 7.20. The van der Waals surface area contributed by atoms with Crippen molar-refractivity contribution in [2.45, 2.75) is 43.4 Å². The Bertz CT molecular complexity index is 879. The van der Waals surface area contributed by atoms with Crippen molar-refractivity contribution in [1.82, 2.24) is 15.1 Å². The van der Waals surface area contributed by atoms with E-state index in [1.54, 1.807) is 0 Å². The fourth-order valence-electron chi connectivity index (χ4n) is 3.22. The Labute approximate surface area is 153 Å². The van der Waals surface area contributed by atoms with Gasteiger partial charge in [0.2, 0.25) is 10.0 Å². The molecule has 1 saturated heterocycles. The van der Waals surface area contributed by atoms with Crippen LogP contribution in [0.5, 0.6) is 0 Å². The van der Waals surface area contributed by atoms with E-state index in [0.29, 0.717) is 30.5 Å². The van der Waals surface area contributed by atoms with Gasteiger partial charge in [-0.1, -0.05) is 13.8 Å². The number of benzene rings is 1. The quantitative estimate of drug-likeness (QED) is 0.852. The van der Waals surface area contributed by atoms with Gasteiger partial charge in [-0.2, -0.15) is 5.10 Å². The molecule has 26 heavy (non-hydrogen) atoms. The van der Waals surface area contributed by atoms with Crippen LogP contribution < -0.4 is 5.14 Å². The van der Waals surface area contributed by atoms with Gasteiger partial charge in [0.1, 0.15) is 0 Å². The molecule has 7 nitrogen and oxygen atoms in total. The molecule has 1 aromatic heterocycles. The lowest BCUT2D eigenvalue weighted by atomic mass is 9.92. The maximum atomic E-state index is 12.6. The van der Waals surface area contributed by atoms with E-state index in [1.165, 1.54) is 24.3 Å². The third-order valence-electron chi connectivity index (χ3n) is 4.86. The van der Waals surface area contributed by atoms with Crippen molar-refractivity contribution in [3.63, 3.8) is 0 Å². The molecule has 3 N–H and O–H groups in total. The second-order valence-corrected chi connectivity index (χ2v) is 8.60. The molecule has 1 aliphatic rings. The summed E-state index contributed by atoms with van der Waals surface area (Å²) in [7, 11) is -3.75. The van der Waals surface area contributed by atoms with E-state index in [9.17, 15) is 13.2 Å². The van der Waals surface area contributed by atoms with E-state index in [-0.39, 0.29) is 10.8 Å². The average Bonchev–Trinajstić information content (AvgIpc) is 3.11. The third-order valence-corrected chi connectivity index (χ3v) is 5.79. The van der Waals surface area contributed by atoms with Gasteiger partial charge in [0.25, 0.3) is 5.91 Å². The van der Waals surface area contributed by atoms with Crippen LogP contribution in [0.3, 0.4) is 0 Å². The maximum absolute atomic E-state index is 12.6. The molecule has 3 rings (SSSR count). The number of hydrogen-bond acceptors (Lipinski definition) is 4. The first kappa shape index (κ1) is 18.6. The van der Waals surface area contributed by atoms with Gasteiger partial charge in [-0.15, -0.1) is 0 Å². The van der Waals surface area contributed by atoms with Crippen LogP contribution in [0.15, 0.2) is 35.2 Å². The van der Waals surface area contributed by atoms with Crippen LogP contribution in [-0.4, -0.2) is 42.5 Å². The van der Waals surface area contributed by atoms with Crippen molar-refractivity contribution in [2.24, 2.45) is 5.14 Å². The molecule has 0 atom stereocenters. The number of H-pyrrole nitrogens is 1. The van der Waals surface area contributed by atoms with Crippen LogP contribution in [0.25, 0.3) is 0 Å². The number of nitrogens with zero attached hydrogens (tertiary/aromatic N) is 2. The van der Waals surface area contributed by atoms with Crippen LogP contribution in [0.4, 0.5) is 0 Å². The Hall–Kier alpha value is -2.19. The lowest BCUT2D eigenvalue weighted by Crippen LogP contribution is -2.38. The summed E-state index contributed by atoms with van der Waals surface area (Å²) in [4.78, 5) is 14.4. The molecule has 8 heteroatoms. The Morgan fingerprint density at radius 3 is 2.35 bits per heavy atom. The number of rotatable bonds is 4. The molecule has 1 aliphatic heterocycles. The Kier molecular flexibility index (Phi) is 5.15. The highest BCUT2D eigenvalue weighted by Gasteiger charge is 2.26. The van der Waals surface area contributed by atoms with Crippen LogP contribution in [0, 0.1) is 0 Å². The number of nitrogens with one attached hydrogen (secondary N) is 1. The summed E-state index contributed by atoms with van der Waals surface area (Å²) in [5.74, 6) is 0.683. The highest BCUT2D eigenvalue weighted by atomic mass is 32.2. The fraction of sp³-hybridized carbons (Fsp3) is 0.444. The molecule has 0 saturated carbocycles. The minimum Gasteiger partial charge on any atom is -0.339 e. The van der Waals surface area contributed by atoms with Crippen molar-refractivity contribution in [2.75, 3.05) is 13.1 Å². The molecule has 1 amide bonds. The number of aromatic nitrogens is 2. The molecule has 1 aromatic carbocycles. The number of carbonyl (C=O) groups excluding carboxylic acids is 1. The average molecular weight is 376 g/mol. The summed E-state index contributed by atoms with van der Waals surface area (Å²) in [5, 5.41) is 12.6. The van der Waals surface area contributed by atoms with Crippen molar-refractivity contribution >= 4 is 15.9 Å². The summed E-state index contributed by atoms with van der Waals surface area (Å²) in [6.07, 6.45) is 1.75. The van der Waals surface area contributed by atoms with Gasteiger partial charge in [0, 0.05) is 30.3 Å². The number of likely N-dealkylation sites (tertiary alicyclic amines) is 1. The maximum Gasteiger partial charge on any atom is 0.253 e. The highest BCUT2D eigenvalue weighted by Crippen LogP contribution is 2.29. The number of aromatic amines is 1. The Balaban J connectivity index is 1.63. The first-order valence-corrected chi connectivity index (χ1v) is 10.3. The SMILES string of the molecule is CC(C)c1cc(C2CCN(C(=O)c3ccc(S(N)(=O)=O)cc3)CC2)[nH]n1. The van der Waals surface area contributed by atoms with E-state index >= 15 is 0 Å². The molecular weight excluding hydrogens is 352 g/mol. The smallest absolute Gasteiger partial charge is 0.253 e. The molecule has 2 heterocycles. The summed E-state index contributed by atoms with van der Waals surface area (Å²) < 4.78 is 22.6. The zero-order valence-electron chi connectivity index (χ0n) is 15.0. The molecule has 0 spiro atoms. The molecule has 0 aliphatic carbocycles. The summed E-state index contributed by atoms with van der Waals surface area (Å²) in [6.45, 7) is 5.55. The van der Waals surface area contributed by atoms with E-state index in [0.717, 1.165) is 24.2 Å². The topological polar surface area (TPSA) is 109 Å². The third kappa shape index (κ3) is 3.96. The lowest BCUT2D eigenvalue weighted by molar-refractivity contribution is 0.0712. The van der Waals surface area contributed by atoms with Crippen molar-refractivity contribution in [1.29, 1.82) is 0 Å². The molecule has 140 valence electrons. The van der Waals surface area contributed by atoms with Gasteiger partial charge in [-0.05, 0) is 49.1 Å². The van der Waals surface area contributed by atoms with Crippen molar-refractivity contribution < 1.29 is 13.2 Å². The number of primary sulfonamides is 1. The lowest BCUT2D eigenvalue weighted by Gasteiger charge is -2.31. The number of carbonyl (C=O) groups is 1. The van der Waals surface area contributed by atoms with Crippen molar-refractivity contribution in [3.8, 4) is 0 Å². The molecule has 1 fully saturated rings. The van der Waals surface area contributed by atoms with E-state index in [1.807, 2.05) is 4.90 Å². The predicted octanol–water partition coefficient (Wildman–Crippen LogP) is 2.20. The minimum absolute atomic E-state index is 0.00737. The summed E-state index contributed by atoms with van der Waals surface area (Å²) in [6, 6.07) is 7.88. The Morgan fingerprint density at radius 2 is 1.85 bits per heavy atom. The first-order valence-electron chi connectivity index (χ1n) is 8.73. The number of piperidine rings is 1. The number of nitrogens with two attached hydrogens (primary N) is 1. The minimum atomic E-state index is -3.75. The highest BCUT2D eigenvalue weighted by molar-refractivity contribution is 7.89. The first-order chi connectivity index (χ1) is 12.3. The summed E-state index contributed by atoms with van der Waals surface area (Å²) in [5.41, 5.74) is 2.67. The molecule has 0 radical (unpaired) electrons. The molecular formula is C18H24N4O3S. The van der Waals surface area contributed by atoms with E-state index < -0.39 is 10.0 Å². The second-order valence-electron chi connectivity index (χ2n) is 7.04. The van der Waals surface area contributed by atoms with Gasteiger partial charge < -0.3 is 4.90 Å². The standard InChI is InChI=1S/C18H24N4O3S/c1-12(2)16-11-17(21-20-16)13-7-9-22(10-8-13)18(23)14-3-5-15(6-4-14)26(19,24)25/h3-6,11-13H,7-10H2,1-2H3,(H,20,21)(H2,19,24,25). The molecule has 0 unspecified atom stereocenters. The normalized spacial score (nSPS) is 16.2.